The number of methoxy groups -OCH3 is 1. The third-order valence-electron chi connectivity index (χ3n) is 2.90. The molecule has 0 bridgehead atoms. The largest absolute Gasteiger partial charge is 0.388 e. The Morgan fingerprint density at radius 3 is 2.67 bits per heavy atom. The van der Waals surface area contributed by atoms with E-state index < -0.39 is 6.10 Å². The van der Waals surface area contributed by atoms with Gasteiger partial charge in [0, 0.05) is 7.11 Å². The fraction of sp³-hybridized carbons (Fsp3) is 1.00. The van der Waals surface area contributed by atoms with E-state index in [-0.39, 0.29) is 24.3 Å². The Morgan fingerprint density at radius 1 is 1.53 bits per heavy atom. The summed E-state index contributed by atoms with van der Waals surface area (Å²) in [6.45, 7) is 4.42. The van der Waals surface area contributed by atoms with Crippen molar-refractivity contribution in [1.29, 1.82) is 0 Å². The molecule has 0 aromatic heterocycles. The number of ether oxygens (including phenoxy) is 3. The van der Waals surface area contributed by atoms with E-state index in [1.807, 2.05) is 21.7 Å². The van der Waals surface area contributed by atoms with Crippen molar-refractivity contribution in [2.45, 2.75) is 50.7 Å². The van der Waals surface area contributed by atoms with Crippen molar-refractivity contribution in [2.24, 2.45) is 0 Å². The molecule has 2 unspecified atom stereocenters. The lowest BCUT2D eigenvalue weighted by atomic mass is 9.92. The molecular formula is C10H21BO4. The maximum Gasteiger partial charge on any atom is 0.142 e. The highest BCUT2D eigenvalue weighted by Crippen LogP contribution is 2.24. The Balaban J connectivity index is 2.40. The summed E-state index contributed by atoms with van der Waals surface area (Å²) in [6.07, 6.45) is 0.0140. The number of rotatable bonds is 5. The van der Waals surface area contributed by atoms with Crippen molar-refractivity contribution >= 4 is 7.85 Å². The second kappa shape index (κ2) is 5.84. The fourth-order valence-electron chi connectivity index (χ4n) is 1.81. The summed E-state index contributed by atoms with van der Waals surface area (Å²) in [7, 11) is 3.58. The van der Waals surface area contributed by atoms with Gasteiger partial charge in [0.2, 0.25) is 0 Å². The van der Waals surface area contributed by atoms with Gasteiger partial charge in [-0.05, 0) is 13.3 Å². The molecule has 15 heavy (non-hydrogen) atoms. The first kappa shape index (κ1) is 13.0. The van der Waals surface area contributed by atoms with Crippen LogP contribution in [0.2, 0.25) is 0 Å². The molecule has 1 aliphatic rings. The second-order valence-electron chi connectivity index (χ2n) is 4.12. The van der Waals surface area contributed by atoms with Crippen LogP contribution in [0.3, 0.4) is 0 Å². The van der Waals surface area contributed by atoms with Gasteiger partial charge in [0.05, 0.1) is 24.8 Å². The van der Waals surface area contributed by atoms with Gasteiger partial charge >= 0.3 is 0 Å². The van der Waals surface area contributed by atoms with Crippen LogP contribution in [0.15, 0.2) is 0 Å². The zero-order chi connectivity index (χ0) is 11.4. The van der Waals surface area contributed by atoms with Crippen LogP contribution in [-0.2, 0) is 14.2 Å². The minimum Gasteiger partial charge on any atom is -0.388 e. The van der Waals surface area contributed by atoms with Crippen LogP contribution in [0.4, 0.5) is 0 Å². The summed E-state index contributed by atoms with van der Waals surface area (Å²) in [6, 6.07) is -0.0472. The third kappa shape index (κ3) is 3.18. The van der Waals surface area contributed by atoms with Gasteiger partial charge in [-0.3, -0.25) is 0 Å². The van der Waals surface area contributed by atoms with Crippen LogP contribution < -0.4 is 0 Å². The number of hydrogen-bond acceptors (Lipinski definition) is 4. The van der Waals surface area contributed by atoms with E-state index in [4.69, 9.17) is 14.2 Å². The first-order chi connectivity index (χ1) is 7.10. The standard InChI is InChI=1S/C10H21BO4/c1-4-7-8(12)9(10(11)15-7)14-5-6(2)13-3/h6-10,12H,4-5,11H2,1-3H3/t6?,7-,8?,9+,10-/m1/s1. The van der Waals surface area contributed by atoms with Crippen molar-refractivity contribution in [3.8, 4) is 0 Å². The molecule has 1 aliphatic heterocycles. The SMILES string of the molecule is B[C@@H]1O[C@H](CC)C(O)[C@@H]1OCC(C)OC. The fourth-order valence-corrected chi connectivity index (χ4v) is 1.81. The van der Waals surface area contributed by atoms with Crippen LogP contribution in [0.25, 0.3) is 0 Å². The van der Waals surface area contributed by atoms with Crippen molar-refractivity contribution < 1.29 is 19.3 Å². The summed E-state index contributed by atoms with van der Waals surface area (Å²) in [5, 5.41) is 9.91. The highest BCUT2D eigenvalue weighted by atomic mass is 16.6. The molecule has 0 aromatic carbocycles. The highest BCUT2D eigenvalue weighted by Gasteiger charge is 2.40. The number of aliphatic hydroxyl groups is 1. The van der Waals surface area contributed by atoms with Gasteiger partial charge in [-0.1, -0.05) is 6.92 Å². The van der Waals surface area contributed by atoms with E-state index in [2.05, 4.69) is 0 Å². The number of aliphatic hydroxyl groups excluding tert-OH is 1. The zero-order valence-corrected chi connectivity index (χ0v) is 9.97. The van der Waals surface area contributed by atoms with Crippen LogP contribution in [-0.4, -0.2) is 57.1 Å². The monoisotopic (exact) mass is 216 g/mol. The molecule has 1 saturated heterocycles. The molecule has 1 N–H and O–H groups in total. The Kier molecular flexibility index (Phi) is 5.05. The quantitative estimate of drug-likeness (QED) is 0.631. The molecule has 0 aromatic rings. The second-order valence-corrected chi connectivity index (χ2v) is 4.12. The van der Waals surface area contributed by atoms with E-state index >= 15 is 0 Å². The lowest BCUT2D eigenvalue weighted by Gasteiger charge is -2.20. The normalized spacial score (nSPS) is 38.1. The molecule has 0 saturated carbocycles. The molecule has 4 nitrogen and oxygen atoms in total. The summed E-state index contributed by atoms with van der Waals surface area (Å²) in [5.41, 5.74) is 0. The molecule has 1 fully saturated rings. The average molecular weight is 216 g/mol. The highest BCUT2D eigenvalue weighted by molar-refractivity contribution is 6.11. The van der Waals surface area contributed by atoms with Gasteiger partial charge in [-0.2, -0.15) is 0 Å². The summed E-state index contributed by atoms with van der Waals surface area (Å²) in [4.78, 5) is 0. The Hall–Kier alpha value is -0.0951. The van der Waals surface area contributed by atoms with Crippen LogP contribution in [0, 0.1) is 0 Å². The molecule has 0 aliphatic carbocycles. The molecule has 5 heteroatoms. The van der Waals surface area contributed by atoms with Crippen LogP contribution in [0.5, 0.6) is 0 Å². The van der Waals surface area contributed by atoms with Crippen LogP contribution >= 0.6 is 0 Å². The van der Waals surface area contributed by atoms with Crippen molar-refractivity contribution in [1.82, 2.24) is 0 Å². The van der Waals surface area contributed by atoms with Crippen molar-refractivity contribution in [3.63, 3.8) is 0 Å². The molecule has 5 atom stereocenters. The minimum absolute atomic E-state index is 0.0464. The molecule has 88 valence electrons. The Morgan fingerprint density at radius 2 is 2.20 bits per heavy atom. The van der Waals surface area contributed by atoms with Gasteiger partial charge in [0.25, 0.3) is 0 Å². The Labute approximate surface area is 92.3 Å². The lowest BCUT2D eigenvalue weighted by molar-refractivity contribution is -0.0596. The molecule has 0 spiro atoms. The third-order valence-corrected chi connectivity index (χ3v) is 2.90. The molecule has 1 heterocycles. The average Bonchev–Trinajstić information content (AvgIpc) is 2.51. The predicted octanol–water partition coefficient (Wildman–Crippen LogP) is -0.465. The minimum atomic E-state index is -0.519. The maximum atomic E-state index is 9.91. The Bertz CT molecular complexity index is 190. The predicted molar refractivity (Wildman–Crippen MR) is 59.7 cm³/mol. The lowest BCUT2D eigenvalue weighted by Crippen LogP contribution is -2.37. The number of hydrogen-bond donors (Lipinski definition) is 1. The summed E-state index contributed by atoms with van der Waals surface area (Å²) >= 11 is 0. The smallest absolute Gasteiger partial charge is 0.142 e. The van der Waals surface area contributed by atoms with E-state index in [0.717, 1.165) is 6.42 Å². The van der Waals surface area contributed by atoms with E-state index in [9.17, 15) is 5.11 Å². The summed E-state index contributed by atoms with van der Waals surface area (Å²) < 4.78 is 16.3. The molecule has 0 radical (unpaired) electrons. The molecule has 0 amide bonds. The van der Waals surface area contributed by atoms with Gasteiger partial charge in [-0.25, -0.2) is 0 Å². The van der Waals surface area contributed by atoms with Gasteiger partial charge in [-0.15, -0.1) is 0 Å². The molecule has 1 rings (SSSR count). The topological polar surface area (TPSA) is 47.9 Å². The molecular weight excluding hydrogens is 195 g/mol. The van der Waals surface area contributed by atoms with Gasteiger partial charge in [0.1, 0.15) is 20.1 Å². The van der Waals surface area contributed by atoms with E-state index in [1.54, 1.807) is 7.11 Å². The summed E-state index contributed by atoms with van der Waals surface area (Å²) in [5.74, 6) is 0. The van der Waals surface area contributed by atoms with E-state index in [1.165, 1.54) is 0 Å². The van der Waals surface area contributed by atoms with Crippen molar-refractivity contribution in [2.75, 3.05) is 13.7 Å². The van der Waals surface area contributed by atoms with E-state index in [0.29, 0.717) is 6.61 Å². The van der Waals surface area contributed by atoms with Gasteiger partial charge in [0.15, 0.2) is 0 Å². The first-order valence-electron chi connectivity index (χ1n) is 5.58. The zero-order valence-electron chi connectivity index (χ0n) is 9.97. The van der Waals surface area contributed by atoms with Gasteiger partial charge < -0.3 is 19.3 Å². The maximum absolute atomic E-state index is 9.91. The van der Waals surface area contributed by atoms with Crippen molar-refractivity contribution in [3.05, 3.63) is 0 Å². The van der Waals surface area contributed by atoms with Crippen LogP contribution in [0.1, 0.15) is 20.3 Å². The first-order valence-corrected chi connectivity index (χ1v) is 5.58.